The number of hydrogen-bond donors (Lipinski definition) is 3. The first-order valence-corrected chi connectivity index (χ1v) is 13.1. The van der Waals surface area contributed by atoms with E-state index in [0.717, 1.165) is 16.8 Å². The maximum atomic E-state index is 14.0. The van der Waals surface area contributed by atoms with E-state index in [1.54, 1.807) is 11.9 Å². The molecule has 0 unspecified atom stereocenters. The van der Waals surface area contributed by atoms with Gasteiger partial charge in [0.15, 0.2) is 0 Å². The minimum Gasteiger partial charge on any atom is -0.465 e. The summed E-state index contributed by atoms with van der Waals surface area (Å²) in [5.74, 6) is -1.07. The first-order chi connectivity index (χ1) is 18.5. The van der Waals surface area contributed by atoms with Gasteiger partial charge in [-0.05, 0) is 44.2 Å². The summed E-state index contributed by atoms with van der Waals surface area (Å²) >= 11 is 0. The van der Waals surface area contributed by atoms with Gasteiger partial charge < -0.3 is 20.6 Å². The monoisotopic (exact) mass is 533 g/mol. The molecular formula is C29H35N5O5. The van der Waals surface area contributed by atoms with Crippen molar-refractivity contribution in [3.05, 3.63) is 71.8 Å². The minimum absolute atomic E-state index is 0.150. The van der Waals surface area contributed by atoms with Crippen LogP contribution in [-0.2, 0) is 27.2 Å². The Morgan fingerprint density at radius 3 is 2.28 bits per heavy atom. The van der Waals surface area contributed by atoms with Gasteiger partial charge in [-0.25, -0.2) is 9.80 Å². The predicted molar refractivity (Wildman–Crippen MR) is 146 cm³/mol. The number of aryl methyl sites for hydroxylation is 1. The number of likely N-dealkylation sites (tertiary alicyclic amines) is 1. The second kappa shape index (κ2) is 11.3. The van der Waals surface area contributed by atoms with Crippen LogP contribution in [0.15, 0.2) is 65.8 Å². The van der Waals surface area contributed by atoms with E-state index in [-0.39, 0.29) is 18.4 Å². The summed E-state index contributed by atoms with van der Waals surface area (Å²) in [5, 5.41) is 20.0. The van der Waals surface area contributed by atoms with E-state index in [9.17, 15) is 19.2 Å². The first kappa shape index (κ1) is 27.8. The van der Waals surface area contributed by atoms with Crippen molar-refractivity contribution in [3.63, 3.8) is 0 Å². The lowest BCUT2D eigenvalue weighted by Crippen LogP contribution is -2.61. The Bertz CT molecular complexity index is 1260. The molecule has 0 aliphatic carbocycles. The van der Waals surface area contributed by atoms with Crippen LogP contribution in [0, 0.1) is 5.41 Å². The van der Waals surface area contributed by atoms with Crippen molar-refractivity contribution in [1.29, 1.82) is 0 Å². The van der Waals surface area contributed by atoms with Crippen molar-refractivity contribution >= 4 is 29.5 Å². The third-order valence-corrected chi connectivity index (χ3v) is 7.42. The van der Waals surface area contributed by atoms with Gasteiger partial charge in [0.2, 0.25) is 11.8 Å². The molecule has 2 aliphatic heterocycles. The molecule has 4 amide bonds. The molecule has 2 heterocycles. The van der Waals surface area contributed by atoms with Gasteiger partial charge in [0, 0.05) is 26.6 Å². The molecule has 0 radical (unpaired) electrons. The first-order valence-electron chi connectivity index (χ1n) is 13.1. The predicted octanol–water partition coefficient (Wildman–Crippen LogP) is 2.44. The zero-order valence-electron chi connectivity index (χ0n) is 22.5. The van der Waals surface area contributed by atoms with Gasteiger partial charge >= 0.3 is 6.09 Å². The maximum absolute atomic E-state index is 14.0. The van der Waals surface area contributed by atoms with Crippen LogP contribution in [0.4, 0.5) is 4.79 Å². The Balaban J connectivity index is 1.59. The van der Waals surface area contributed by atoms with Gasteiger partial charge in [-0.15, -0.1) is 0 Å². The van der Waals surface area contributed by atoms with Gasteiger partial charge in [0.25, 0.3) is 5.91 Å². The van der Waals surface area contributed by atoms with Crippen LogP contribution in [-0.4, -0.2) is 76.3 Å². The van der Waals surface area contributed by atoms with Crippen LogP contribution < -0.4 is 10.6 Å². The topological polar surface area (TPSA) is 131 Å². The second-order valence-corrected chi connectivity index (χ2v) is 10.7. The summed E-state index contributed by atoms with van der Waals surface area (Å²) in [7, 11) is 1.63. The Labute approximate surface area is 228 Å². The quantitative estimate of drug-likeness (QED) is 0.456. The minimum atomic E-state index is -1.45. The third kappa shape index (κ3) is 6.10. The fraction of sp³-hybridized carbons (Fsp3) is 0.414. The zero-order valence-corrected chi connectivity index (χ0v) is 22.5. The van der Waals surface area contributed by atoms with Crippen molar-refractivity contribution in [2.24, 2.45) is 10.5 Å². The molecule has 4 rings (SSSR count). The van der Waals surface area contributed by atoms with Crippen LogP contribution in [0.3, 0.4) is 0 Å². The Morgan fingerprint density at radius 1 is 1.05 bits per heavy atom. The Kier molecular flexibility index (Phi) is 8.03. The molecule has 2 aliphatic rings. The van der Waals surface area contributed by atoms with E-state index < -0.39 is 29.0 Å². The second-order valence-electron chi connectivity index (χ2n) is 10.7. The highest BCUT2D eigenvalue weighted by molar-refractivity contribution is 6.13. The van der Waals surface area contributed by atoms with Crippen molar-refractivity contribution in [2.75, 3.05) is 20.1 Å². The number of nitrogens with zero attached hydrogens (tertiary/aromatic N) is 3. The van der Waals surface area contributed by atoms with E-state index in [4.69, 9.17) is 5.11 Å². The summed E-state index contributed by atoms with van der Waals surface area (Å²) < 4.78 is 0. The molecule has 0 bridgehead atoms. The van der Waals surface area contributed by atoms with Crippen molar-refractivity contribution < 1.29 is 24.3 Å². The van der Waals surface area contributed by atoms with Crippen LogP contribution in [0.25, 0.3) is 0 Å². The number of benzene rings is 2. The number of piperidine rings is 1. The van der Waals surface area contributed by atoms with Crippen LogP contribution in [0.2, 0.25) is 0 Å². The standard InChI is InChI=1S/C29H35N5O5/c1-28(2,31-27(38)39)25(36)30-22(15-14-20-10-6-4-7-11-20)24(35)34-17-16-23-29(19-34,26(37)33(3)32-23)18-21-12-8-5-9-13-21/h4-13,22,31H,14-19H2,1-3H3,(H,30,36)(H,38,39)/t22-,29-/m1/s1. The lowest BCUT2D eigenvalue weighted by atomic mass is 9.73. The summed E-state index contributed by atoms with van der Waals surface area (Å²) in [5.41, 5.74) is 0.325. The van der Waals surface area contributed by atoms with Gasteiger partial charge in [-0.1, -0.05) is 60.7 Å². The molecule has 1 fully saturated rings. The van der Waals surface area contributed by atoms with Gasteiger partial charge in [-0.3, -0.25) is 14.4 Å². The molecule has 10 nitrogen and oxygen atoms in total. The molecule has 0 saturated carbocycles. The van der Waals surface area contributed by atoms with Gasteiger partial charge in [0.05, 0.1) is 5.71 Å². The van der Waals surface area contributed by atoms with Crippen molar-refractivity contribution in [2.45, 2.75) is 51.1 Å². The molecule has 2 aromatic rings. The summed E-state index contributed by atoms with van der Waals surface area (Å²) in [6, 6.07) is 18.4. The molecule has 206 valence electrons. The number of amides is 4. The van der Waals surface area contributed by atoms with Crippen LogP contribution in [0.1, 0.15) is 37.8 Å². The highest BCUT2D eigenvalue weighted by Crippen LogP contribution is 2.38. The highest BCUT2D eigenvalue weighted by Gasteiger charge is 2.54. The molecule has 39 heavy (non-hydrogen) atoms. The number of fused-ring (bicyclic) bond motifs is 1. The molecule has 0 aromatic heterocycles. The van der Waals surface area contributed by atoms with Crippen LogP contribution in [0.5, 0.6) is 0 Å². The van der Waals surface area contributed by atoms with Crippen molar-refractivity contribution in [3.8, 4) is 0 Å². The maximum Gasteiger partial charge on any atom is 0.405 e. The summed E-state index contributed by atoms with van der Waals surface area (Å²) in [6.07, 6.45) is 0.365. The number of rotatable bonds is 9. The fourth-order valence-electron chi connectivity index (χ4n) is 5.31. The van der Waals surface area contributed by atoms with E-state index in [1.165, 1.54) is 18.9 Å². The lowest BCUT2D eigenvalue weighted by molar-refractivity contribution is -0.142. The van der Waals surface area contributed by atoms with Crippen molar-refractivity contribution in [1.82, 2.24) is 20.5 Å². The number of carbonyl (C=O) groups is 4. The third-order valence-electron chi connectivity index (χ3n) is 7.42. The molecule has 10 heteroatoms. The van der Waals surface area contributed by atoms with Gasteiger partial charge in [-0.2, -0.15) is 5.10 Å². The molecule has 3 N–H and O–H groups in total. The average molecular weight is 534 g/mol. The summed E-state index contributed by atoms with van der Waals surface area (Å²) in [6.45, 7) is 3.41. The smallest absolute Gasteiger partial charge is 0.405 e. The molecule has 0 spiro atoms. The number of nitrogens with one attached hydrogen (secondary N) is 2. The number of carboxylic acid groups (broad SMARTS) is 1. The van der Waals surface area contributed by atoms with E-state index in [0.29, 0.717) is 32.2 Å². The van der Waals surface area contributed by atoms with E-state index >= 15 is 0 Å². The van der Waals surface area contributed by atoms with Gasteiger partial charge in [0.1, 0.15) is 17.0 Å². The zero-order chi connectivity index (χ0) is 28.2. The largest absolute Gasteiger partial charge is 0.465 e. The van der Waals surface area contributed by atoms with E-state index in [2.05, 4.69) is 15.7 Å². The molecule has 2 atom stereocenters. The van der Waals surface area contributed by atoms with Crippen LogP contribution >= 0.6 is 0 Å². The lowest BCUT2D eigenvalue weighted by Gasteiger charge is -2.41. The highest BCUT2D eigenvalue weighted by atomic mass is 16.4. The molecule has 2 aromatic carbocycles. The number of hydrazone groups is 1. The fourth-order valence-corrected chi connectivity index (χ4v) is 5.31. The molecular weight excluding hydrogens is 498 g/mol. The molecule has 1 saturated heterocycles. The van der Waals surface area contributed by atoms with E-state index in [1.807, 2.05) is 60.7 Å². The number of hydrogen-bond acceptors (Lipinski definition) is 5. The SMILES string of the molecule is CN1N=C2CCN(C(=O)[C@@H](CCc3ccccc3)NC(=O)C(C)(C)NC(=O)O)C[C@@]2(Cc2ccccc2)C1=O. The summed E-state index contributed by atoms with van der Waals surface area (Å²) in [4.78, 5) is 53.4. The Hall–Kier alpha value is -4.21. The Morgan fingerprint density at radius 2 is 1.67 bits per heavy atom. The normalized spacial score (nSPS) is 19.7. The number of carbonyl (C=O) groups excluding carboxylic acids is 3. The average Bonchev–Trinajstić information content (AvgIpc) is 3.15.